The summed E-state index contributed by atoms with van der Waals surface area (Å²) in [6.45, 7) is 2.11. The van der Waals surface area contributed by atoms with Gasteiger partial charge in [-0.15, -0.1) is 0 Å². The molecule has 0 fully saturated rings. The summed E-state index contributed by atoms with van der Waals surface area (Å²) in [6, 6.07) is 45.1. The van der Waals surface area contributed by atoms with Gasteiger partial charge in [0, 0.05) is 29.1 Å². The Morgan fingerprint density at radius 1 is 0.500 bits per heavy atom. The lowest BCUT2D eigenvalue weighted by molar-refractivity contribution is 1.07. The summed E-state index contributed by atoms with van der Waals surface area (Å²) >= 11 is 0. The molecule has 6 aromatic rings. The minimum atomic E-state index is 0.928. The molecule has 0 aliphatic heterocycles. The third-order valence-corrected chi connectivity index (χ3v) is 6.58. The third kappa shape index (κ3) is 4.14. The maximum Gasteiger partial charge on any atom is 0.144 e. The number of benzene rings is 5. The van der Waals surface area contributed by atoms with Crippen molar-refractivity contribution in [3.8, 4) is 50.5 Å². The maximum absolute atomic E-state index is 4.81. The summed E-state index contributed by atoms with van der Waals surface area (Å²) in [6.07, 6.45) is 3.97. The van der Waals surface area contributed by atoms with E-state index < -0.39 is 0 Å². The Morgan fingerprint density at radius 3 is 1.53 bits per heavy atom. The Hall–Kier alpha value is -4.69. The van der Waals surface area contributed by atoms with Crippen LogP contribution in [0, 0.1) is 6.92 Å². The molecule has 0 bridgehead atoms. The normalized spacial score (nSPS) is 10.9. The van der Waals surface area contributed by atoms with Crippen molar-refractivity contribution in [2.75, 3.05) is 0 Å². The van der Waals surface area contributed by atoms with Gasteiger partial charge in [-0.05, 0) is 41.3 Å². The Labute approximate surface area is 212 Å². The highest BCUT2D eigenvalue weighted by molar-refractivity contribution is 5.91. The van der Waals surface area contributed by atoms with Gasteiger partial charge in [0.15, 0.2) is 0 Å². The number of aromatic nitrogens is 2. The molecule has 6 rings (SSSR count). The highest BCUT2D eigenvalue weighted by Gasteiger charge is 2.19. The van der Waals surface area contributed by atoms with Crippen LogP contribution in [0.3, 0.4) is 0 Å². The monoisotopic (exact) mass is 462 g/mol. The lowest BCUT2D eigenvalue weighted by Gasteiger charge is -2.21. The van der Waals surface area contributed by atoms with Crippen molar-refractivity contribution in [3.63, 3.8) is 0 Å². The zero-order chi connectivity index (χ0) is 24.3. The molecule has 0 unspecified atom stereocenters. The molecule has 0 aliphatic rings. The van der Waals surface area contributed by atoms with Gasteiger partial charge in [-0.1, -0.05) is 121 Å². The molecule has 1 heterocycles. The number of nitrogens with zero attached hydrogens (tertiary/aromatic N) is 2. The van der Waals surface area contributed by atoms with Crippen LogP contribution in [0.5, 0.6) is 0 Å². The fraction of sp³-hybridized carbons (Fsp3) is 0.0294. The van der Waals surface area contributed by atoms with E-state index in [2.05, 4.69) is 145 Å². The average molecular weight is 463 g/mol. The molecule has 172 valence electrons. The second-order valence-corrected chi connectivity index (χ2v) is 9.00. The molecule has 0 saturated heterocycles. The zero-order valence-corrected chi connectivity index (χ0v) is 20.2. The smallest absolute Gasteiger partial charge is 0.144 e. The van der Waals surface area contributed by atoms with Crippen LogP contribution < -0.4 is 0 Å². The Balaban J connectivity index is 1.69. The Morgan fingerprint density at radius 2 is 1.00 bits per heavy atom. The molecule has 0 saturated carbocycles. The van der Waals surface area contributed by atoms with Crippen LogP contribution >= 0.6 is 0 Å². The molecule has 0 aliphatic carbocycles. The first-order chi connectivity index (χ1) is 17.8. The average Bonchev–Trinajstić information content (AvgIpc) is 3.44. The van der Waals surface area contributed by atoms with Gasteiger partial charge in [0.25, 0.3) is 0 Å². The van der Waals surface area contributed by atoms with Gasteiger partial charge in [-0.2, -0.15) is 0 Å². The van der Waals surface area contributed by atoms with Crippen molar-refractivity contribution in [3.05, 3.63) is 145 Å². The first kappa shape index (κ1) is 21.8. The number of rotatable bonds is 5. The number of imidazole rings is 1. The van der Waals surface area contributed by atoms with E-state index in [9.17, 15) is 0 Å². The van der Waals surface area contributed by atoms with Crippen molar-refractivity contribution in [2.45, 2.75) is 6.92 Å². The quantitative estimate of drug-likeness (QED) is 0.250. The summed E-state index contributed by atoms with van der Waals surface area (Å²) in [7, 11) is 0. The Bertz CT molecular complexity index is 1540. The van der Waals surface area contributed by atoms with E-state index in [4.69, 9.17) is 4.98 Å². The summed E-state index contributed by atoms with van der Waals surface area (Å²) in [4.78, 5) is 4.81. The molecule has 0 atom stereocenters. The van der Waals surface area contributed by atoms with Crippen molar-refractivity contribution in [1.82, 2.24) is 9.55 Å². The van der Waals surface area contributed by atoms with Crippen LogP contribution in [0.4, 0.5) is 0 Å². The lowest BCUT2D eigenvalue weighted by atomic mass is 9.90. The first-order valence-electron chi connectivity index (χ1n) is 12.2. The predicted molar refractivity (Wildman–Crippen MR) is 150 cm³/mol. The molecule has 0 N–H and O–H groups in total. The van der Waals surface area contributed by atoms with Crippen molar-refractivity contribution >= 4 is 0 Å². The zero-order valence-electron chi connectivity index (χ0n) is 20.2. The molecule has 0 spiro atoms. The molecular formula is C34H26N2. The largest absolute Gasteiger partial charge is 0.299 e. The molecule has 36 heavy (non-hydrogen) atoms. The molecule has 1 aromatic heterocycles. The van der Waals surface area contributed by atoms with Gasteiger partial charge in [-0.25, -0.2) is 4.98 Å². The standard InChI is InChI=1S/C34H26N2/c1-25-17-19-29(20-18-25)34-35-21-22-36(34)33-31(27-13-7-3-8-14-27)23-30(26-11-5-2-6-12-26)24-32(33)28-15-9-4-10-16-28/h2-24H,1H3. The topological polar surface area (TPSA) is 17.8 Å². The maximum atomic E-state index is 4.81. The van der Waals surface area contributed by atoms with Crippen molar-refractivity contribution < 1.29 is 0 Å². The fourth-order valence-electron chi connectivity index (χ4n) is 4.77. The number of aryl methyl sites for hydroxylation is 1. The first-order valence-corrected chi connectivity index (χ1v) is 12.2. The van der Waals surface area contributed by atoms with Crippen LogP contribution in [0.2, 0.25) is 0 Å². The van der Waals surface area contributed by atoms with Crippen LogP contribution in [0.1, 0.15) is 5.56 Å². The van der Waals surface area contributed by atoms with Gasteiger partial charge in [0.05, 0.1) is 5.69 Å². The van der Waals surface area contributed by atoms with E-state index in [1.54, 1.807) is 0 Å². The molecule has 0 amide bonds. The van der Waals surface area contributed by atoms with Crippen LogP contribution in [0.25, 0.3) is 50.5 Å². The summed E-state index contributed by atoms with van der Waals surface area (Å²) < 4.78 is 2.24. The SMILES string of the molecule is Cc1ccc(-c2nccn2-c2c(-c3ccccc3)cc(-c3ccccc3)cc2-c2ccccc2)cc1. The van der Waals surface area contributed by atoms with E-state index in [-0.39, 0.29) is 0 Å². The molecular weight excluding hydrogens is 436 g/mol. The van der Waals surface area contributed by atoms with E-state index in [1.165, 1.54) is 38.9 Å². The second-order valence-electron chi connectivity index (χ2n) is 9.00. The molecule has 5 aromatic carbocycles. The number of hydrogen-bond acceptors (Lipinski definition) is 1. The van der Waals surface area contributed by atoms with Gasteiger partial charge >= 0.3 is 0 Å². The highest BCUT2D eigenvalue weighted by Crippen LogP contribution is 2.41. The number of hydrogen-bond donors (Lipinski definition) is 0. The van der Waals surface area contributed by atoms with E-state index in [1.807, 2.05) is 6.20 Å². The second kappa shape index (κ2) is 9.52. The minimum Gasteiger partial charge on any atom is -0.299 e. The van der Waals surface area contributed by atoms with Crippen LogP contribution in [0.15, 0.2) is 140 Å². The van der Waals surface area contributed by atoms with Crippen molar-refractivity contribution in [1.29, 1.82) is 0 Å². The van der Waals surface area contributed by atoms with E-state index in [0.717, 1.165) is 17.1 Å². The third-order valence-electron chi connectivity index (χ3n) is 6.58. The highest BCUT2D eigenvalue weighted by atomic mass is 15.1. The van der Waals surface area contributed by atoms with Crippen LogP contribution in [-0.4, -0.2) is 9.55 Å². The molecule has 2 heteroatoms. The van der Waals surface area contributed by atoms with Gasteiger partial charge in [-0.3, -0.25) is 4.57 Å². The Kier molecular flexibility index (Phi) is 5.77. The van der Waals surface area contributed by atoms with Crippen LogP contribution in [-0.2, 0) is 0 Å². The summed E-state index contributed by atoms with van der Waals surface area (Å²) in [5, 5.41) is 0. The van der Waals surface area contributed by atoms with Gasteiger partial charge in [0.1, 0.15) is 5.82 Å². The van der Waals surface area contributed by atoms with Crippen molar-refractivity contribution in [2.24, 2.45) is 0 Å². The minimum absolute atomic E-state index is 0.928. The molecule has 2 nitrogen and oxygen atoms in total. The van der Waals surface area contributed by atoms with E-state index in [0.29, 0.717) is 0 Å². The summed E-state index contributed by atoms with van der Waals surface area (Å²) in [5.74, 6) is 0.928. The summed E-state index contributed by atoms with van der Waals surface area (Å²) in [5.41, 5.74) is 10.5. The van der Waals surface area contributed by atoms with Gasteiger partial charge in [0.2, 0.25) is 0 Å². The molecule has 0 radical (unpaired) electrons. The fourth-order valence-corrected chi connectivity index (χ4v) is 4.77. The predicted octanol–water partition coefficient (Wildman–Crippen LogP) is 8.85. The van der Waals surface area contributed by atoms with Gasteiger partial charge < -0.3 is 0 Å². The van der Waals surface area contributed by atoms with E-state index >= 15 is 0 Å². The lowest BCUT2D eigenvalue weighted by Crippen LogP contribution is -2.03.